The summed E-state index contributed by atoms with van der Waals surface area (Å²) in [6.07, 6.45) is 0.369. The van der Waals surface area contributed by atoms with Gasteiger partial charge in [0, 0.05) is 4.47 Å². The van der Waals surface area contributed by atoms with Crippen LogP contribution in [-0.4, -0.2) is 5.11 Å². The Morgan fingerprint density at radius 3 is 2.47 bits per heavy atom. The van der Waals surface area contributed by atoms with E-state index in [-0.39, 0.29) is 6.10 Å². The van der Waals surface area contributed by atoms with E-state index < -0.39 is 0 Å². The highest BCUT2D eigenvalue weighted by Crippen LogP contribution is 2.31. The second-order valence-electron chi connectivity index (χ2n) is 3.61. The van der Waals surface area contributed by atoms with E-state index in [9.17, 15) is 5.11 Å². The predicted molar refractivity (Wildman–Crippen MR) is 66.9 cm³/mol. The van der Waals surface area contributed by atoms with Gasteiger partial charge in [-0.2, -0.15) is 0 Å². The van der Waals surface area contributed by atoms with Crippen LogP contribution in [0.3, 0.4) is 0 Å². The lowest BCUT2D eigenvalue weighted by molar-refractivity contribution is 0.175. The summed E-state index contributed by atoms with van der Waals surface area (Å²) in [6, 6.07) is 12.1. The van der Waals surface area contributed by atoms with Gasteiger partial charge in [-0.05, 0) is 28.8 Å². The molecule has 0 aromatic heterocycles. The molecule has 0 saturated heterocycles. The zero-order chi connectivity index (χ0) is 10.8. The van der Waals surface area contributed by atoms with Gasteiger partial charge in [-0.3, -0.25) is 0 Å². The quantitative estimate of drug-likeness (QED) is 0.868. The summed E-state index contributed by atoms with van der Waals surface area (Å²) in [5, 5.41) is 12.2. The van der Waals surface area contributed by atoms with Gasteiger partial charge in [0.2, 0.25) is 0 Å². The van der Waals surface area contributed by atoms with Gasteiger partial charge in [0.05, 0.1) is 6.10 Å². The number of hydrogen-bond donors (Lipinski definition) is 1. The summed E-state index contributed by atoms with van der Waals surface area (Å²) in [6.45, 7) is 1.99. The fraction of sp³-hybridized carbons (Fsp3) is 0.231. The third-order valence-corrected chi connectivity index (χ3v) is 3.34. The minimum absolute atomic E-state index is 0.372. The Morgan fingerprint density at radius 2 is 1.80 bits per heavy atom. The lowest BCUT2D eigenvalue weighted by Gasteiger charge is -2.12. The zero-order valence-electron chi connectivity index (χ0n) is 8.57. The van der Waals surface area contributed by atoms with E-state index in [1.54, 1.807) is 0 Å². The average Bonchev–Trinajstić information content (AvgIpc) is 2.29. The van der Waals surface area contributed by atoms with E-state index in [4.69, 9.17) is 0 Å². The van der Waals surface area contributed by atoms with Crippen LogP contribution in [0.1, 0.15) is 25.0 Å². The van der Waals surface area contributed by atoms with Crippen molar-refractivity contribution in [3.8, 4) is 0 Å². The molecular weight excluding hydrogens is 252 g/mol. The average molecular weight is 265 g/mol. The minimum Gasteiger partial charge on any atom is -0.388 e. The first-order valence-corrected chi connectivity index (χ1v) is 5.88. The lowest BCUT2D eigenvalue weighted by atomic mass is 9.99. The van der Waals surface area contributed by atoms with Crippen LogP contribution in [-0.2, 0) is 0 Å². The van der Waals surface area contributed by atoms with Crippen molar-refractivity contribution in [2.75, 3.05) is 0 Å². The van der Waals surface area contributed by atoms with E-state index in [1.807, 2.05) is 37.3 Å². The van der Waals surface area contributed by atoms with Crippen LogP contribution < -0.4 is 0 Å². The lowest BCUT2D eigenvalue weighted by Crippen LogP contribution is -1.96. The fourth-order valence-corrected chi connectivity index (χ4v) is 2.27. The molecule has 0 aliphatic rings. The van der Waals surface area contributed by atoms with Crippen LogP contribution in [0.5, 0.6) is 0 Å². The highest BCUT2D eigenvalue weighted by Gasteiger charge is 2.09. The number of hydrogen-bond acceptors (Lipinski definition) is 1. The Morgan fingerprint density at radius 1 is 1.13 bits per heavy atom. The number of aliphatic hydroxyl groups excluding tert-OH is 1. The van der Waals surface area contributed by atoms with Crippen molar-refractivity contribution in [2.45, 2.75) is 19.4 Å². The number of halogens is 1. The zero-order valence-corrected chi connectivity index (χ0v) is 10.2. The molecule has 0 amide bonds. The summed E-state index contributed by atoms with van der Waals surface area (Å²) in [5.41, 5.74) is 1.01. The second kappa shape index (κ2) is 4.33. The molecule has 2 rings (SSSR count). The smallest absolute Gasteiger partial charge is 0.0793 e. The predicted octanol–water partition coefficient (Wildman–Crippen LogP) is 4.05. The molecule has 0 aliphatic carbocycles. The van der Waals surface area contributed by atoms with Gasteiger partial charge in [-0.1, -0.05) is 53.2 Å². The maximum absolute atomic E-state index is 9.90. The molecule has 0 heterocycles. The van der Waals surface area contributed by atoms with Crippen molar-refractivity contribution >= 4 is 26.7 Å². The van der Waals surface area contributed by atoms with E-state index in [1.165, 1.54) is 0 Å². The molecule has 78 valence electrons. The van der Waals surface area contributed by atoms with Crippen molar-refractivity contribution in [1.29, 1.82) is 0 Å². The van der Waals surface area contributed by atoms with Crippen molar-refractivity contribution in [3.63, 3.8) is 0 Å². The molecule has 15 heavy (non-hydrogen) atoms. The molecule has 0 unspecified atom stereocenters. The summed E-state index contributed by atoms with van der Waals surface area (Å²) in [5.74, 6) is 0. The Kier molecular flexibility index (Phi) is 3.08. The normalized spacial score (nSPS) is 13.0. The first-order valence-electron chi connectivity index (χ1n) is 5.09. The van der Waals surface area contributed by atoms with Gasteiger partial charge in [-0.25, -0.2) is 0 Å². The van der Waals surface area contributed by atoms with Crippen LogP contribution in [0.15, 0.2) is 40.9 Å². The summed E-state index contributed by atoms with van der Waals surface area (Å²) in [7, 11) is 0. The molecule has 1 atom stereocenters. The summed E-state index contributed by atoms with van der Waals surface area (Å²) in [4.78, 5) is 0. The maximum Gasteiger partial charge on any atom is 0.0793 e. The molecule has 0 fully saturated rings. The standard InChI is InChI=1S/C13H13BrO/c1-2-13(15)11-7-8-12(14)10-6-4-3-5-9(10)11/h3-8,13,15H,2H2,1H3/t13-/m1/s1. The first-order chi connectivity index (χ1) is 7.24. The fourth-order valence-electron chi connectivity index (χ4n) is 1.80. The Balaban J connectivity index is 2.71. The van der Waals surface area contributed by atoms with Gasteiger partial charge in [0.15, 0.2) is 0 Å². The SMILES string of the molecule is CC[C@@H](O)c1ccc(Br)c2ccccc12. The van der Waals surface area contributed by atoms with Crippen LogP contribution in [0.2, 0.25) is 0 Å². The van der Waals surface area contributed by atoms with Gasteiger partial charge < -0.3 is 5.11 Å². The number of fused-ring (bicyclic) bond motifs is 1. The van der Waals surface area contributed by atoms with E-state index in [0.717, 1.165) is 27.2 Å². The molecule has 0 radical (unpaired) electrons. The molecule has 0 spiro atoms. The monoisotopic (exact) mass is 264 g/mol. The van der Waals surface area contributed by atoms with Crippen LogP contribution in [0, 0.1) is 0 Å². The molecule has 2 heteroatoms. The van der Waals surface area contributed by atoms with Crippen LogP contribution in [0.25, 0.3) is 10.8 Å². The maximum atomic E-state index is 9.90. The van der Waals surface area contributed by atoms with Crippen molar-refractivity contribution < 1.29 is 5.11 Å². The molecule has 1 N–H and O–H groups in total. The van der Waals surface area contributed by atoms with Crippen molar-refractivity contribution in [1.82, 2.24) is 0 Å². The second-order valence-corrected chi connectivity index (χ2v) is 4.46. The molecule has 0 bridgehead atoms. The summed E-state index contributed by atoms with van der Waals surface area (Å²) >= 11 is 3.52. The summed E-state index contributed by atoms with van der Waals surface area (Å²) < 4.78 is 1.07. The topological polar surface area (TPSA) is 20.2 Å². The number of rotatable bonds is 2. The van der Waals surface area contributed by atoms with Gasteiger partial charge >= 0.3 is 0 Å². The highest BCUT2D eigenvalue weighted by atomic mass is 79.9. The Hall–Kier alpha value is -0.860. The van der Waals surface area contributed by atoms with Gasteiger partial charge in [0.1, 0.15) is 0 Å². The minimum atomic E-state index is -0.372. The Labute approximate surface area is 97.9 Å². The van der Waals surface area contributed by atoms with E-state index in [0.29, 0.717) is 0 Å². The largest absolute Gasteiger partial charge is 0.388 e. The molecule has 0 saturated carbocycles. The first kappa shape index (κ1) is 10.7. The van der Waals surface area contributed by atoms with Crippen molar-refractivity contribution in [2.24, 2.45) is 0 Å². The van der Waals surface area contributed by atoms with Crippen LogP contribution >= 0.6 is 15.9 Å². The third kappa shape index (κ3) is 1.92. The number of benzene rings is 2. The molecule has 2 aromatic rings. The van der Waals surface area contributed by atoms with E-state index >= 15 is 0 Å². The van der Waals surface area contributed by atoms with Gasteiger partial charge in [-0.15, -0.1) is 0 Å². The number of aliphatic hydroxyl groups is 1. The molecule has 2 aromatic carbocycles. The Bertz CT molecular complexity index is 479. The van der Waals surface area contributed by atoms with Gasteiger partial charge in [0.25, 0.3) is 0 Å². The van der Waals surface area contributed by atoms with Crippen molar-refractivity contribution in [3.05, 3.63) is 46.4 Å². The van der Waals surface area contributed by atoms with E-state index in [2.05, 4.69) is 22.0 Å². The highest BCUT2D eigenvalue weighted by molar-refractivity contribution is 9.10. The molecule has 1 nitrogen and oxygen atoms in total. The molecule has 0 aliphatic heterocycles. The molecular formula is C13H13BrO. The third-order valence-electron chi connectivity index (χ3n) is 2.65. The van der Waals surface area contributed by atoms with Crippen LogP contribution in [0.4, 0.5) is 0 Å².